The van der Waals surface area contributed by atoms with Crippen LogP contribution in [0.5, 0.6) is 5.75 Å². The Kier molecular flexibility index (Phi) is 8.17. The molecule has 1 aliphatic heterocycles. The van der Waals surface area contributed by atoms with E-state index in [4.69, 9.17) is 15.6 Å². The molecule has 2 aromatic heterocycles. The van der Waals surface area contributed by atoms with Crippen molar-refractivity contribution in [1.82, 2.24) is 24.6 Å². The van der Waals surface area contributed by atoms with Crippen LogP contribution in [0, 0.1) is 13.8 Å². The molecule has 2 aromatic carbocycles. The Bertz CT molecular complexity index is 1720. The Morgan fingerprint density at radius 1 is 1.05 bits per heavy atom. The third kappa shape index (κ3) is 5.67. The van der Waals surface area contributed by atoms with Crippen LogP contribution in [0.4, 0.5) is 17.5 Å². The van der Waals surface area contributed by atoms with Crippen LogP contribution >= 0.6 is 0 Å². The van der Waals surface area contributed by atoms with Crippen LogP contribution < -0.4 is 15.8 Å². The number of sulfone groups is 1. The molecule has 0 saturated carbocycles. The molecule has 1 fully saturated rings. The molecule has 0 radical (unpaired) electrons. The van der Waals surface area contributed by atoms with Crippen molar-refractivity contribution in [3.63, 3.8) is 0 Å². The Morgan fingerprint density at radius 2 is 1.74 bits per heavy atom. The number of aromatic nitrogens is 4. The predicted molar refractivity (Wildman–Crippen MR) is 168 cm³/mol. The first-order valence-electron chi connectivity index (χ1n) is 14.5. The third-order valence-corrected chi connectivity index (χ3v) is 10.1. The van der Waals surface area contributed by atoms with Crippen molar-refractivity contribution in [2.24, 2.45) is 0 Å². The van der Waals surface area contributed by atoms with E-state index in [0.29, 0.717) is 34.2 Å². The van der Waals surface area contributed by atoms with Gasteiger partial charge in [0.2, 0.25) is 5.95 Å². The van der Waals surface area contributed by atoms with Crippen LogP contribution in [-0.2, 0) is 9.84 Å². The zero-order chi connectivity index (χ0) is 30.3. The zero-order valence-electron chi connectivity index (χ0n) is 25.5. The van der Waals surface area contributed by atoms with Crippen molar-refractivity contribution in [3.8, 4) is 11.4 Å². The van der Waals surface area contributed by atoms with E-state index >= 15 is 0 Å². The molecule has 10 nitrogen and oxygen atoms in total. The molecule has 4 aromatic rings. The van der Waals surface area contributed by atoms with E-state index in [0.717, 1.165) is 37.4 Å². The highest BCUT2D eigenvalue weighted by atomic mass is 32.2. The molecule has 224 valence electrons. The number of anilines is 3. The Morgan fingerprint density at radius 3 is 2.40 bits per heavy atom. The topological polar surface area (TPSA) is 128 Å². The molecule has 1 aliphatic rings. The number of nitrogens with two attached hydrogens (primary N) is 1. The quantitative estimate of drug-likeness (QED) is 0.271. The van der Waals surface area contributed by atoms with Crippen LogP contribution in [0.15, 0.2) is 41.3 Å². The molecule has 5 rings (SSSR count). The number of benzene rings is 2. The van der Waals surface area contributed by atoms with Crippen molar-refractivity contribution >= 4 is 38.3 Å². The fourth-order valence-electron chi connectivity index (χ4n) is 5.62. The number of hydrogen-bond acceptors (Lipinski definition) is 9. The lowest BCUT2D eigenvalue weighted by atomic mass is 9.86. The molecule has 0 bridgehead atoms. The van der Waals surface area contributed by atoms with Crippen LogP contribution in [0.2, 0.25) is 0 Å². The van der Waals surface area contributed by atoms with E-state index in [-0.39, 0.29) is 16.9 Å². The normalized spacial score (nSPS) is 15.2. The van der Waals surface area contributed by atoms with E-state index in [1.165, 1.54) is 11.1 Å². The summed E-state index contributed by atoms with van der Waals surface area (Å²) in [5.41, 5.74) is 11.1. The second-order valence-corrected chi connectivity index (χ2v) is 14.2. The molecule has 3 heterocycles. The number of piperidine rings is 1. The number of para-hydroxylation sites is 1. The van der Waals surface area contributed by atoms with Gasteiger partial charge in [0, 0.05) is 0 Å². The van der Waals surface area contributed by atoms with Gasteiger partial charge in [-0.25, -0.2) is 13.1 Å². The van der Waals surface area contributed by atoms with Crippen LogP contribution in [0.3, 0.4) is 0 Å². The maximum Gasteiger partial charge on any atom is 0.224 e. The summed E-state index contributed by atoms with van der Waals surface area (Å²) >= 11 is 0. The van der Waals surface area contributed by atoms with E-state index < -0.39 is 15.1 Å². The van der Waals surface area contributed by atoms with Crippen LogP contribution in [-0.4, -0.2) is 64.6 Å². The van der Waals surface area contributed by atoms with Crippen LogP contribution in [0.1, 0.15) is 63.3 Å². The molecule has 0 aliphatic carbocycles. The van der Waals surface area contributed by atoms with E-state index in [1.807, 2.05) is 20.8 Å². The van der Waals surface area contributed by atoms with Gasteiger partial charge in [0.05, 0.1) is 33.0 Å². The maximum atomic E-state index is 13.1. The minimum atomic E-state index is -3.55. The molecule has 3 N–H and O–H groups in total. The standard InChI is InChI=1S/C31H41N7O3S/c1-18(2)41-26-17-23(22-12-14-37(7)15-13-22)20(5)16-25(26)38-30-28(21(6)36-38)29(34-31(32)35-30)33-24-10-8-9-11-27(24)42(39,40)19(3)4/h8-11,16-19,22H,12-15H2,1-7H3,(H3,32,33,34,35). The molecule has 1 saturated heterocycles. The van der Waals surface area contributed by atoms with Crippen molar-refractivity contribution in [2.45, 2.75) is 76.6 Å². The first-order chi connectivity index (χ1) is 19.9. The highest BCUT2D eigenvalue weighted by Gasteiger charge is 2.26. The maximum absolute atomic E-state index is 13.1. The number of nitrogens with zero attached hydrogens (tertiary/aromatic N) is 5. The van der Waals surface area contributed by atoms with E-state index in [1.54, 1.807) is 42.8 Å². The molecular formula is C31H41N7O3S. The van der Waals surface area contributed by atoms with Gasteiger partial charge in [-0.1, -0.05) is 12.1 Å². The lowest BCUT2D eigenvalue weighted by Gasteiger charge is -2.30. The first kappa shape index (κ1) is 29.8. The van der Waals surface area contributed by atoms with Crippen molar-refractivity contribution < 1.29 is 13.2 Å². The number of aryl methyl sites for hydroxylation is 2. The molecule has 0 atom stereocenters. The summed E-state index contributed by atoms with van der Waals surface area (Å²) in [4.78, 5) is 11.6. The minimum Gasteiger partial charge on any atom is -0.489 e. The second-order valence-electron chi connectivity index (χ2n) is 11.8. The molecule has 0 spiro atoms. The fraction of sp³-hybridized carbons (Fsp3) is 0.452. The summed E-state index contributed by atoms with van der Waals surface area (Å²) in [5.74, 6) is 1.63. The highest BCUT2D eigenvalue weighted by Crippen LogP contribution is 2.38. The summed E-state index contributed by atoms with van der Waals surface area (Å²) in [6.45, 7) is 13.5. The van der Waals surface area contributed by atoms with Gasteiger partial charge in [-0.05, 0) is 116 Å². The molecule has 0 unspecified atom stereocenters. The second kappa shape index (κ2) is 11.5. The van der Waals surface area contributed by atoms with Crippen molar-refractivity contribution in [3.05, 3.63) is 53.2 Å². The molecular weight excluding hydrogens is 550 g/mol. The largest absolute Gasteiger partial charge is 0.489 e. The number of hydrogen-bond donors (Lipinski definition) is 2. The van der Waals surface area contributed by atoms with Crippen LogP contribution in [0.25, 0.3) is 16.7 Å². The number of nitrogen functional groups attached to an aromatic ring is 1. The summed E-state index contributed by atoms with van der Waals surface area (Å²) in [6.07, 6.45) is 2.17. The Hall–Kier alpha value is -3.70. The van der Waals surface area contributed by atoms with Gasteiger partial charge in [-0.15, -0.1) is 0 Å². The van der Waals surface area contributed by atoms with Gasteiger partial charge < -0.3 is 20.7 Å². The zero-order valence-corrected chi connectivity index (χ0v) is 26.3. The van der Waals surface area contributed by atoms with E-state index in [9.17, 15) is 8.42 Å². The van der Waals surface area contributed by atoms with Gasteiger partial charge in [-0.3, -0.25) is 0 Å². The number of likely N-dealkylation sites (tertiary alicyclic amines) is 1. The van der Waals surface area contributed by atoms with Crippen molar-refractivity contribution in [2.75, 3.05) is 31.2 Å². The fourth-order valence-corrected chi connectivity index (χ4v) is 6.82. The summed E-state index contributed by atoms with van der Waals surface area (Å²) in [7, 11) is -1.38. The lowest BCUT2D eigenvalue weighted by Crippen LogP contribution is -2.29. The molecule has 42 heavy (non-hydrogen) atoms. The van der Waals surface area contributed by atoms with Gasteiger partial charge in [0.25, 0.3) is 0 Å². The average Bonchev–Trinajstić information content (AvgIpc) is 3.25. The first-order valence-corrected chi connectivity index (χ1v) is 16.0. The van der Waals surface area contributed by atoms with Gasteiger partial charge in [0.1, 0.15) is 17.3 Å². The Balaban J connectivity index is 1.65. The van der Waals surface area contributed by atoms with Crippen molar-refractivity contribution in [1.29, 1.82) is 0 Å². The SMILES string of the molecule is Cc1cc(-n2nc(C)c3c(Nc4ccccc4S(=O)(=O)C(C)C)nc(N)nc32)c(OC(C)C)cc1C1CCN(C)CC1. The number of ether oxygens (including phenoxy) is 1. The smallest absolute Gasteiger partial charge is 0.224 e. The van der Waals surface area contributed by atoms with E-state index in [2.05, 4.69) is 46.3 Å². The highest BCUT2D eigenvalue weighted by molar-refractivity contribution is 7.92. The van der Waals surface area contributed by atoms with Gasteiger partial charge in [0.15, 0.2) is 15.5 Å². The Labute approximate surface area is 248 Å². The lowest BCUT2D eigenvalue weighted by molar-refractivity contribution is 0.239. The molecule has 11 heteroatoms. The monoisotopic (exact) mass is 591 g/mol. The summed E-state index contributed by atoms with van der Waals surface area (Å²) < 4.78 is 34.4. The number of nitrogens with one attached hydrogen (secondary N) is 1. The summed E-state index contributed by atoms with van der Waals surface area (Å²) in [5, 5.41) is 8.18. The van der Waals surface area contributed by atoms with Gasteiger partial charge in [-0.2, -0.15) is 15.1 Å². The number of rotatable bonds is 8. The van der Waals surface area contributed by atoms with Gasteiger partial charge >= 0.3 is 0 Å². The third-order valence-electron chi connectivity index (χ3n) is 7.88. The minimum absolute atomic E-state index is 0.0429. The average molecular weight is 592 g/mol. The number of fused-ring (bicyclic) bond motifs is 1. The molecule has 0 amide bonds. The summed E-state index contributed by atoms with van der Waals surface area (Å²) in [6, 6.07) is 11.1. The predicted octanol–water partition coefficient (Wildman–Crippen LogP) is 5.54.